The average Bonchev–Trinajstić information content (AvgIpc) is 2.57. The lowest BCUT2D eigenvalue weighted by atomic mass is 10.2. The van der Waals surface area contributed by atoms with Crippen LogP contribution < -0.4 is 11.1 Å². The molecule has 0 fully saturated rings. The molecular formula is C10H18N4O. The molecule has 0 aliphatic heterocycles. The number of amides is 1. The van der Waals surface area contributed by atoms with Gasteiger partial charge in [0.25, 0.3) is 0 Å². The number of rotatable bonds is 7. The Hall–Kier alpha value is -1.36. The Morgan fingerprint density at radius 3 is 3.00 bits per heavy atom. The van der Waals surface area contributed by atoms with Crippen molar-refractivity contribution in [3.05, 3.63) is 18.0 Å². The van der Waals surface area contributed by atoms with E-state index in [0.29, 0.717) is 6.42 Å². The molecule has 0 unspecified atom stereocenters. The van der Waals surface area contributed by atoms with Gasteiger partial charge in [0.15, 0.2) is 0 Å². The molecule has 84 valence electrons. The summed E-state index contributed by atoms with van der Waals surface area (Å²) in [4.78, 5) is 10.4. The second kappa shape index (κ2) is 6.19. The molecule has 1 aromatic rings. The van der Waals surface area contributed by atoms with E-state index in [-0.39, 0.29) is 5.91 Å². The number of primary amides is 1. The summed E-state index contributed by atoms with van der Waals surface area (Å²) in [5.41, 5.74) is 6.20. The summed E-state index contributed by atoms with van der Waals surface area (Å²) in [6, 6.07) is 0. The topological polar surface area (TPSA) is 72.9 Å². The van der Waals surface area contributed by atoms with Crippen LogP contribution in [0.5, 0.6) is 0 Å². The first-order valence-electron chi connectivity index (χ1n) is 5.15. The number of unbranched alkanes of at least 4 members (excludes halogenated alkanes) is 1. The highest BCUT2D eigenvalue weighted by atomic mass is 16.1. The van der Waals surface area contributed by atoms with Crippen molar-refractivity contribution in [2.75, 3.05) is 6.54 Å². The number of nitrogens with two attached hydrogens (primary N) is 1. The number of carbonyl (C=O) groups is 1. The smallest absolute Gasteiger partial charge is 0.217 e. The Kier molecular flexibility index (Phi) is 4.83. The fourth-order valence-electron chi connectivity index (χ4n) is 1.35. The lowest BCUT2D eigenvalue weighted by molar-refractivity contribution is -0.118. The number of hydrogen-bond donors (Lipinski definition) is 2. The van der Waals surface area contributed by atoms with Gasteiger partial charge in [-0.15, -0.1) is 0 Å². The van der Waals surface area contributed by atoms with Crippen LogP contribution in [0.4, 0.5) is 0 Å². The maximum atomic E-state index is 10.4. The molecule has 0 aliphatic rings. The van der Waals surface area contributed by atoms with E-state index in [1.807, 2.05) is 19.4 Å². The van der Waals surface area contributed by atoms with Crippen LogP contribution in [-0.4, -0.2) is 22.2 Å². The molecule has 0 saturated heterocycles. The highest BCUT2D eigenvalue weighted by molar-refractivity contribution is 5.73. The number of aromatic nitrogens is 2. The molecule has 0 aromatic carbocycles. The highest BCUT2D eigenvalue weighted by Gasteiger charge is 1.96. The van der Waals surface area contributed by atoms with Crippen molar-refractivity contribution in [1.82, 2.24) is 15.1 Å². The first-order chi connectivity index (χ1) is 7.18. The summed E-state index contributed by atoms with van der Waals surface area (Å²) in [6.45, 7) is 1.73. The molecule has 0 saturated carbocycles. The van der Waals surface area contributed by atoms with E-state index in [1.165, 1.54) is 5.56 Å². The minimum Gasteiger partial charge on any atom is -0.370 e. The second-order valence-corrected chi connectivity index (χ2v) is 3.62. The largest absolute Gasteiger partial charge is 0.370 e. The van der Waals surface area contributed by atoms with Gasteiger partial charge in [-0.25, -0.2) is 0 Å². The molecule has 1 aromatic heterocycles. The van der Waals surface area contributed by atoms with Crippen LogP contribution >= 0.6 is 0 Å². The van der Waals surface area contributed by atoms with Crippen molar-refractivity contribution >= 4 is 5.91 Å². The Bertz CT molecular complexity index is 308. The minimum atomic E-state index is -0.220. The molecule has 0 atom stereocenters. The molecule has 0 bridgehead atoms. The lowest BCUT2D eigenvalue weighted by Gasteiger charge is -2.01. The monoisotopic (exact) mass is 210 g/mol. The van der Waals surface area contributed by atoms with Crippen LogP contribution in [0.1, 0.15) is 24.8 Å². The van der Waals surface area contributed by atoms with Gasteiger partial charge in [0.05, 0.1) is 6.20 Å². The Balaban J connectivity index is 2.00. The molecule has 5 nitrogen and oxygen atoms in total. The lowest BCUT2D eigenvalue weighted by Crippen LogP contribution is -2.15. The van der Waals surface area contributed by atoms with Crippen LogP contribution in [0.15, 0.2) is 12.4 Å². The SMILES string of the molecule is Cn1cc(CNCCCCC(N)=O)cn1. The third kappa shape index (κ3) is 5.17. The van der Waals surface area contributed by atoms with E-state index in [4.69, 9.17) is 5.73 Å². The zero-order valence-corrected chi connectivity index (χ0v) is 9.07. The van der Waals surface area contributed by atoms with E-state index in [1.54, 1.807) is 4.68 Å². The second-order valence-electron chi connectivity index (χ2n) is 3.62. The van der Waals surface area contributed by atoms with Gasteiger partial charge in [-0.3, -0.25) is 9.48 Å². The number of aryl methyl sites for hydroxylation is 1. The van der Waals surface area contributed by atoms with E-state index >= 15 is 0 Å². The number of nitrogens with one attached hydrogen (secondary N) is 1. The third-order valence-electron chi connectivity index (χ3n) is 2.11. The van der Waals surface area contributed by atoms with Crippen molar-refractivity contribution in [1.29, 1.82) is 0 Å². The summed E-state index contributed by atoms with van der Waals surface area (Å²) in [5.74, 6) is -0.220. The molecular weight excluding hydrogens is 192 g/mol. The van der Waals surface area contributed by atoms with E-state index < -0.39 is 0 Å². The zero-order valence-electron chi connectivity index (χ0n) is 9.07. The van der Waals surface area contributed by atoms with Crippen molar-refractivity contribution in [3.63, 3.8) is 0 Å². The van der Waals surface area contributed by atoms with Crippen molar-refractivity contribution in [2.24, 2.45) is 12.8 Å². The predicted octanol–water partition coefficient (Wildman–Crippen LogP) is 0.165. The number of carbonyl (C=O) groups excluding carboxylic acids is 1. The first kappa shape index (κ1) is 11.7. The predicted molar refractivity (Wildman–Crippen MR) is 58.0 cm³/mol. The quantitative estimate of drug-likeness (QED) is 0.630. The standard InChI is InChI=1S/C10H18N4O/c1-14-8-9(7-13-14)6-12-5-3-2-4-10(11)15/h7-8,12H,2-6H2,1H3,(H2,11,15). The molecule has 3 N–H and O–H groups in total. The zero-order chi connectivity index (χ0) is 11.1. The van der Waals surface area contributed by atoms with Gasteiger partial charge >= 0.3 is 0 Å². The molecule has 0 radical (unpaired) electrons. The molecule has 1 amide bonds. The maximum Gasteiger partial charge on any atom is 0.217 e. The van der Waals surface area contributed by atoms with Crippen LogP contribution in [0.25, 0.3) is 0 Å². The van der Waals surface area contributed by atoms with Gasteiger partial charge in [-0.2, -0.15) is 5.10 Å². The summed E-state index contributed by atoms with van der Waals surface area (Å²) in [7, 11) is 1.90. The van der Waals surface area contributed by atoms with E-state index in [9.17, 15) is 4.79 Å². The molecule has 0 aliphatic carbocycles. The average molecular weight is 210 g/mol. The van der Waals surface area contributed by atoms with Gasteiger partial charge in [0.2, 0.25) is 5.91 Å². The molecule has 1 heterocycles. The Labute approximate surface area is 89.6 Å². The van der Waals surface area contributed by atoms with Gasteiger partial charge in [-0.1, -0.05) is 0 Å². The van der Waals surface area contributed by atoms with Gasteiger partial charge in [0.1, 0.15) is 0 Å². The Morgan fingerprint density at radius 2 is 2.40 bits per heavy atom. The van der Waals surface area contributed by atoms with Crippen molar-refractivity contribution in [2.45, 2.75) is 25.8 Å². The van der Waals surface area contributed by atoms with Crippen molar-refractivity contribution in [3.8, 4) is 0 Å². The summed E-state index contributed by atoms with van der Waals surface area (Å²) < 4.78 is 1.78. The van der Waals surface area contributed by atoms with Gasteiger partial charge in [-0.05, 0) is 19.4 Å². The van der Waals surface area contributed by atoms with E-state index in [0.717, 1.165) is 25.9 Å². The summed E-state index contributed by atoms with van der Waals surface area (Å²) >= 11 is 0. The third-order valence-corrected chi connectivity index (χ3v) is 2.11. The number of hydrogen-bond acceptors (Lipinski definition) is 3. The van der Waals surface area contributed by atoms with Gasteiger partial charge < -0.3 is 11.1 Å². The van der Waals surface area contributed by atoms with Crippen LogP contribution in [0.2, 0.25) is 0 Å². The normalized spacial score (nSPS) is 10.5. The fraction of sp³-hybridized carbons (Fsp3) is 0.600. The van der Waals surface area contributed by atoms with Crippen LogP contribution in [-0.2, 0) is 18.4 Å². The van der Waals surface area contributed by atoms with Crippen LogP contribution in [0.3, 0.4) is 0 Å². The first-order valence-corrected chi connectivity index (χ1v) is 5.15. The molecule has 15 heavy (non-hydrogen) atoms. The summed E-state index contributed by atoms with van der Waals surface area (Å²) in [5, 5.41) is 7.35. The van der Waals surface area contributed by atoms with Crippen LogP contribution in [0, 0.1) is 0 Å². The molecule has 5 heteroatoms. The molecule has 0 spiro atoms. The molecule has 1 rings (SSSR count). The number of nitrogens with zero attached hydrogens (tertiary/aromatic N) is 2. The fourth-order valence-corrected chi connectivity index (χ4v) is 1.35. The maximum absolute atomic E-state index is 10.4. The van der Waals surface area contributed by atoms with Gasteiger partial charge in [0, 0.05) is 31.8 Å². The van der Waals surface area contributed by atoms with Crippen molar-refractivity contribution < 1.29 is 4.79 Å². The van der Waals surface area contributed by atoms with E-state index in [2.05, 4.69) is 10.4 Å². The highest BCUT2D eigenvalue weighted by Crippen LogP contribution is 1.96. The summed E-state index contributed by atoms with van der Waals surface area (Å²) in [6.07, 6.45) is 6.14. The Morgan fingerprint density at radius 1 is 1.60 bits per heavy atom. The minimum absolute atomic E-state index is 0.220.